The summed E-state index contributed by atoms with van der Waals surface area (Å²) in [7, 11) is 0. The zero-order valence-electron chi connectivity index (χ0n) is 18.2. The Bertz CT molecular complexity index is 1160. The Morgan fingerprint density at radius 1 is 1.12 bits per heavy atom. The number of halogens is 4. The van der Waals surface area contributed by atoms with E-state index >= 15 is 0 Å². The summed E-state index contributed by atoms with van der Waals surface area (Å²) >= 11 is 5.99. The van der Waals surface area contributed by atoms with Crippen LogP contribution in [0.5, 0.6) is 0 Å². The van der Waals surface area contributed by atoms with Gasteiger partial charge in [0.05, 0.1) is 21.7 Å². The van der Waals surface area contributed by atoms with Crippen LogP contribution in [-0.2, 0) is 6.18 Å². The predicted molar refractivity (Wildman–Crippen MR) is 125 cm³/mol. The Morgan fingerprint density at radius 3 is 2.61 bits per heavy atom. The van der Waals surface area contributed by atoms with Crippen LogP contribution in [0.15, 0.2) is 48.7 Å². The van der Waals surface area contributed by atoms with Crippen molar-refractivity contribution in [3.8, 4) is 0 Å². The van der Waals surface area contributed by atoms with Crippen molar-refractivity contribution in [3.05, 3.63) is 70.4 Å². The molecule has 2 aromatic carbocycles. The Kier molecular flexibility index (Phi) is 6.79. The fourth-order valence-electron chi connectivity index (χ4n) is 4.37. The summed E-state index contributed by atoms with van der Waals surface area (Å²) in [6.45, 7) is 2.86. The maximum absolute atomic E-state index is 13.0. The highest BCUT2D eigenvalue weighted by molar-refractivity contribution is 6.33. The first-order valence-electron chi connectivity index (χ1n) is 11.0. The Hall–Kier alpha value is -2.80. The lowest BCUT2D eigenvalue weighted by molar-refractivity contribution is -0.137. The molecule has 1 aliphatic rings. The van der Waals surface area contributed by atoms with Crippen LogP contribution in [0.3, 0.4) is 0 Å². The van der Waals surface area contributed by atoms with Crippen molar-refractivity contribution in [2.24, 2.45) is 5.92 Å². The van der Waals surface area contributed by atoms with Gasteiger partial charge in [0.15, 0.2) is 0 Å². The van der Waals surface area contributed by atoms with Crippen molar-refractivity contribution in [1.82, 2.24) is 10.3 Å². The van der Waals surface area contributed by atoms with Gasteiger partial charge >= 0.3 is 6.18 Å². The SMILES string of the molecule is Cc1ccc(NC[C@H]2CC[C@H](NC(=O)c3cc(C(F)(F)F)ccc3Cl)CC2)c2cccnc12. The maximum Gasteiger partial charge on any atom is 0.416 e. The van der Waals surface area contributed by atoms with E-state index in [4.69, 9.17) is 11.6 Å². The van der Waals surface area contributed by atoms with Crippen molar-refractivity contribution < 1.29 is 18.0 Å². The number of aromatic nitrogens is 1. The van der Waals surface area contributed by atoms with Crippen LogP contribution in [0.1, 0.15) is 47.2 Å². The molecule has 0 atom stereocenters. The van der Waals surface area contributed by atoms with Gasteiger partial charge in [0.25, 0.3) is 5.91 Å². The van der Waals surface area contributed by atoms with E-state index in [1.165, 1.54) is 0 Å². The largest absolute Gasteiger partial charge is 0.416 e. The van der Waals surface area contributed by atoms with Gasteiger partial charge in [-0.2, -0.15) is 13.2 Å². The Morgan fingerprint density at radius 2 is 1.88 bits per heavy atom. The van der Waals surface area contributed by atoms with E-state index in [1.807, 2.05) is 13.0 Å². The fraction of sp³-hybridized carbons (Fsp3) is 0.360. The van der Waals surface area contributed by atoms with Crippen molar-refractivity contribution >= 4 is 34.1 Å². The quantitative estimate of drug-likeness (QED) is 0.436. The third-order valence-corrected chi connectivity index (χ3v) is 6.60. The van der Waals surface area contributed by atoms with Crippen molar-refractivity contribution in [3.63, 3.8) is 0 Å². The topological polar surface area (TPSA) is 54.0 Å². The molecule has 1 amide bonds. The van der Waals surface area contributed by atoms with Gasteiger partial charge in [-0.1, -0.05) is 17.7 Å². The average molecular weight is 476 g/mol. The molecule has 0 radical (unpaired) electrons. The minimum atomic E-state index is -4.52. The average Bonchev–Trinajstić information content (AvgIpc) is 2.79. The van der Waals surface area contributed by atoms with Crippen LogP contribution in [0.25, 0.3) is 10.9 Å². The number of alkyl halides is 3. The van der Waals surface area contributed by atoms with E-state index in [1.54, 1.807) is 6.20 Å². The summed E-state index contributed by atoms with van der Waals surface area (Å²) in [6.07, 6.45) is 0.632. The van der Waals surface area contributed by atoms with Gasteiger partial charge in [-0.3, -0.25) is 9.78 Å². The molecular formula is C25H25ClF3N3O. The van der Waals surface area contributed by atoms with Gasteiger partial charge < -0.3 is 10.6 Å². The summed E-state index contributed by atoms with van der Waals surface area (Å²) in [5.74, 6) is -0.116. The van der Waals surface area contributed by atoms with Crippen molar-refractivity contribution in [2.45, 2.75) is 44.8 Å². The number of hydrogen-bond donors (Lipinski definition) is 2. The normalized spacial score (nSPS) is 18.8. The Balaban J connectivity index is 1.32. The molecule has 1 aliphatic carbocycles. The number of nitrogens with zero attached hydrogens (tertiary/aromatic N) is 1. The number of anilines is 1. The van der Waals surface area contributed by atoms with Crippen molar-refractivity contribution in [2.75, 3.05) is 11.9 Å². The van der Waals surface area contributed by atoms with Gasteiger partial charge in [-0.15, -0.1) is 0 Å². The molecule has 1 heterocycles. The molecule has 0 spiro atoms. The molecule has 1 fully saturated rings. The molecule has 0 aliphatic heterocycles. The number of nitrogens with one attached hydrogen (secondary N) is 2. The van der Waals surface area contributed by atoms with E-state index in [2.05, 4.69) is 33.8 Å². The summed E-state index contributed by atoms with van der Waals surface area (Å²) in [5, 5.41) is 7.51. The molecule has 0 saturated heterocycles. The summed E-state index contributed by atoms with van der Waals surface area (Å²) in [5.41, 5.74) is 2.15. The second-order valence-corrected chi connectivity index (χ2v) is 9.00. The first kappa shape index (κ1) is 23.4. The summed E-state index contributed by atoms with van der Waals surface area (Å²) in [6, 6.07) is 10.8. The first-order chi connectivity index (χ1) is 15.7. The number of carbonyl (C=O) groups is 1. The number of pyridine rings is 1. The van der Waals surface area contributed by atoms with Gasteiger partial charge in [0.1, 0.15) is 0 Å². The van der Waals surface area contributed by atoms with E-state index < -0.39 is 17.6 Å². The van der Waals surface area contributed by atoms with E-state index in [-0.39, 0.29) is 16.6 Å². The number of hydrogen-bond acceptors (Lipinski definition) is 3. The van der Waals surface area contributed by atoms with E-state index in [0.29, 0.717) is 5.92 Å². The van der Waals surface area contributed by atoms with Crippen LogP contribution in [-0.4, -0.2) is 23.5 Å². The summed E-state index contributed by atoms with van der Waals surface area (Å²) < 4.78 is 38.9. The van der Waals surface area contributed by atoms with Crippen molar-refractivity contribution in [1.29, 1.82) is 0 Å². The minimum Gasteiger partial charge on any atom is -0.384 e. The lowest BCUT2D eigenvalue weighted by Gasteiger charge is -2.29. The predicted octanol–water partition coefficient (Wildman–Crippen LogP) is 6.62. The lowest BCUT2D eigenvalue weighted by atomic mass is 9.85. The second-order valence-electron chi connectivity index (χ2n) is 8.59. The molecule has 4 nitrogen and oxygen atoms in total. The number of amides is 1. The van der Waals surface area contributed by atoms with Crippen LogP contribution >= 0.6 is 11.6 Å². The fourth-order valence-corrected chi connectivity index (χ4v) is 4.58. The molecule has 174 valence electrons. The smallest absolute Gasteiger partial charge is 0.384 e. The third-order valence-electron chi connectivity index (χ3n) is 6.27. The number of benzene rings is 2. The second kappa shape index (κ2) is 9.59. The zero-order valence-corrected chi connectivity index (χ0v) is 18.9. The highest BCUT2D eigenvalue weighted by atomic mass is 35.5. The minimum absolute atomic E-state index is 0.0122. The Labute approximate surface area is 195 Å². The van der Waals surface area contributed by atoms with Gasteiger partial charge in [0, 0.05) is 29.9 Å². The number of carbonyl (C=O) groups excluding carboxylic acids is 1. The highest BCUT2D eigenvalue weighted by Gasteiger charge is 2.32. The summed E-state index contributed by atoms with van der Waals surface area (Å²) in [4.78, 5) is 17.0. The lowest BCUT2D eigenvalue weighted by Crippen LogP contribution is -2.38. The molecule has 2 N–H and O–H groups in total. The van der Waals surface area contributed by atoms with E-state index in [0.717, 1.165) is 72.6 Å². The standard InChI is InChI=1S/C25H25ClF3N3O/c1-15-4-11-22(19-3-2-12-30-23(15)19)31-14-16-5-8-18(9-6-16)32-24(33)20-13-17(25(27,28)29)7-10-21(20)26/h2-4,7,10-13,16,18,31H,5-6,8-9,14H2,1H3,(H,32,33)/t16-,18-. The van der Waals surface area contributed by atoms with Crippen LogP contribution < -0.4 is 10.6 Å². The molecule has 0 unspecified atom stereocenters. The molecule has 3 aromatic rings. The molecule has 4 rings (SSSR count). The number of fused-ring (bicyclic) bond motifs is 1. The third kappa shape index (κ3) is 5.41. The molecule has 1 saturated carbocycles. The molecule has 0 bridgehead atoms. The van der Waals surface area contributed by atoms with Gasteiger partial charge in [-0.05, 0) is 80.5 Å². The monoisotopic (exact) mass is 475 g/mol. The highest BCUT2D eigenvalue weighted by Crippen LogP contribution is 2.32. The molecule has 1 aromatic heterocycles. The van der Waals surface area contributed by atoms with Crippen LogP contribution in [0.4, 0.5) is 18.9 Å². The van der Waals surface area contributed by atoms with E-state index in [9.17, 15) is 18.0 Å². The molecule has 8 heteroatoms. The number of aryl methyl sites for hydroxylation is 1. The van der Waals surface area contributed by atoms with Crippen LogP contribution in [0, 0.1) is 12.8 Å². The maximum atomic E-state index is 13.0. The molecular weight excluding hydrogens is 451 g/mol. The number of rotatable bonds is 5. The molecule has 33 heavy (non-hydrogen) atoms. The van der Waals surface area contributed by atoms with Gasteiger partial charge in [-0.25, -0.2) is 0 Å². The zero-order chi connectivity index (χ0) is 23.6. The van der Waals surface area contributed by atoms with Crippen LogP contribution in [0.2, 0.25) is 5.02 Å². The first-order valence-corrected chi connectivity index (χ1v) is 11.4. The van der Waals surface area contributed by atoms with Gasteiger partial charge in [0.2, 0.25) is 0 Å².